The molecule has 1 rings (SSSR count). The molecule has 88 valence electrons. The molecule has 0 atom stereocenters. The molecular formula is C11H15FN2O2. The first-order chi connectivity index (χ1) is 7.54. The Bertz CT molecular complexity index is 380. The van der Waals surface area contributed by atoms with Crippen LogP contribution in [0.1, 0.15) is 5.56 Å². The highest BCUT2D eigenvalue weighted by Gasteiger charge is 2.11. The highest BCUT2D eigenvalue weighted by Crippen LogP contribution is 2.20. The minimum absolute atomic E-state index is 0.244. The molecule has 0 saturated heterocycles. The van der Waals surface area contributed by atoms with Crippen molar-refractivity contribution in [3.63, 3.8) is 0 Å². The van der Waals surface area contributed by atoms with Crippen molar-refractivity contribution in [3.05, 3.63) is 29.6 Å². The number of ether oxygens (including phenoxy) is 1. The summed E-state index contributed by atoms with van der Waals surface area (Å²) < 4.78 is 18.1. The summed E-state index contributed by atoms with van der Waals surface area (Å²) in [6.45, 7) is 0.510. The minimum atomic E-state index is -0.525. The van der Waals surface area contributed by atoms with Crippen molar-refractivity contribution in [2.45, 2.75) is 6.54 Å². The molecule has 0 saturated carbocycles. The molecule has 0 radical (unpaired) electrons. The number of nitrogens with zero attached hydrogens (tertiary/aromatic N) is 1. The van der Waals surface area contributed by atoms with E-state index >= 15 is 0 Å². The Kier molecular flexibility index (Phi) is 4.25. The Balaban J connectivity index is 2.91. The lowest BCUT2D eigenvalue weighted by Gasteiger charge is -2.13. The van der Waals surface area contributed by atoms with E-state index in [0.717, 1.165) is 5.56 Å². The fraction of sp³-hybridized carbons (Fsp3) is 0.364. The van der Waals surface area contributed by atoms with Gasteiger partial charge >= 0.3 is 6.09 Å². The van der Waals surface area contributed by atoms with Gasteiger partial charge in [0.2, 0.25) is 0 Å². The summed E-state index contributed by atoms with van der Waals surface area (Å²) in [4.78, 5) is 12.6. The number of hydrogen-bond donors (Lipinski definition) is 1. The second-order valence-corrected chi connectivity index (χ2v) is 3.54. The molecule has 1 aromatic carbocycles. The number of hydrogen-bond acceptors (Lipinski definition) is 3. The van der Waals surface area contributed by atoms with E-state index in [-0.39, 0.29) is 5.75 Å². The first-order valence-electron chi connectivity index (χ1n) is 4.86. The molecular weight excluding hydrogens is 211 g/mol. The number of benzene rings is 1. The zero-order valence-electron chi connectivity index (χ0n) is 9.58. The second-order valence-electron chi connectivity index (χ2n) is 3.54. The lowest BCUT2D eigenvalue weighted by Crippen LogP contribution is -2.26. The molecule has 0 heterocycles. The van der Waals surface area contributed by atoms with Crippen LogP contribution in [0, 0.1) is 5.82 Å². The number of rotatable bonds is 3. The van der Waals surface area contributed by atoms with Crippen LogP contribution in [0.2, 0.25) is 0 Å². The van der Waals surface area contributed by atoms with E-state index in [4.69, 9.17) is 4.74 Å². The zero-order chi connectivity index (χ0) is 12.1. The topological polar surface area (TPSA) is 41.6 Å². The average molecular weight is 226 g/mol. The quantitative estimate of drug-likeness (QED) is 0.851. The van der Waals surface area contributed by atoms with Crippen molar-refractivity contribution in [2.24, 2.45) is 0 Å². The first kappa shape index (κ1) is 12.4. The van der Waals surface area contributed by atoms with E-state index in [9.17, 15) is 9.18 Å². The van der Waals surface area contributed by atoms with Crippen molar-refractivity contribution < 1.29 is 13.9 Å². The van der Waals surface area contributed by atoms with Gasteiger partial charge in [0.25, 0.3) is 0 Å². The maximum Gasteiger partial charge on any atom is 0.414 e. The van der Waals surface area contributed by atoms with Crippen LogP contribution in [0.4, 0.5) is 9.18 Å². The number of carbonyl (C=O) groups excluding carboxylic acids is 1. The van der Waals surface area contributed by atoms with Crippen LogP contribution in [0.3, 0.4) is 0 Å². The van der Waals surface area contributed by atoms with Gasteiger partial charge in [-0.1, -0.05) is 6.07 Å². The van der Waals surface area contributed by atoms with Crippen molar-refractivity contribution in [1.82, 2.24) is 10.2 Å². The van der Waals surface area contributed by atoms with Gasteiger partial charge in [-0.3, -0.25) is 0 Å². The third kappa shape index (κ3) is 3.20. The van der Waals surface area contributed by atoms with Gasteiger partial charge < -0.3 is 15.0 Å². The SMILES string of the molecule is CNCc1ccc(F)cc1OC(=O)N(C)C. The first-order valence-corrected chi connectivity index (χ1v) is 4.86. The molecule has 0 bridgehead atoms. The molecule has 1 aromatic rings. The van der Waals surface area contributed by atoms with Crippen molar-refractivity contribution >= 4 is 6.09 Å². The predicted octanol–water partition coefficient (Wildman–Crippen LogP) is 1.61. The summed E-state index contributed by atoms with van der Waals surface area (Å²) in [5.41, 5.74) is 0.735. The van der Waals surface area contributed by atoms with Gasteiger partial charge in [0, 0.05) is 32.3 Å². The van der Waals surface area contributed by atoms with Gasteiger partial charge in [0.15, 0.2) is 0 Å². The molecule has 0 aliphatic heterocycles. The lowest BCUT2D eigenvalue weighted by atomic mass is 10.2. The molecule has 5 heteroatoms. The Labute approximate surface area is 94.0 Å². The third-order valence-electron chi connectivity index (χ3n) is 1.96. The van der Waals surface area contributed by atoms with Crippen LogP contribution < -0.4 is 10.1 Å². The Morgan fingerprint density at radius 2 is 2.19 bits per heavy atom. The normalized spacial score (nSPS) is 10.0. The Morgan fingerprint density at radius 3 is 2.75 bits per heavy atom. The van der Waals surface area contributed by atoms with E-state index < -0.39 is 11.9 Å². The number of carbonyl (C=O) groups is 1. The molecule has 4 nitrogen and oxygen atoms in total. The highest BCUT2D eigenvalue weighted by molar-refractivity contribution is 5.70. The van der Waals surface area contributed by atoms with Crippen molar-refractivity contribution in [2.75, 3.05) is 21.1 Å². The molecule has 0 spiro atoms. The largest absolute Gasteiger partial charge is 0.414 e. The number of amides is 1. The number of nitrogens with one attached hydrogen (secondary N) is 1. The summed E-state index contributed by atoms with van der Waals surface area (Å²) in [7, 11) is 4.90. The predicted molar refractivity (Wildman–Crippen MR) is 58.9 cm³/mol. The van der Waals surface area contributed by atoms with Crippen molar-refractivity contribution in [3.8, 4) is 5.75 Å². The minimum Gasteiger partial charge on any atom is -0.410 e. The lowest BCUT2D eigenvalue weighted by molar-refractivity contribution is 0.171. The average Bonchev–Trinajstić information content (AvgIpc) is 2.22. The molecule has 0 aliphatic carbocycles. The van der Waals surface area contributed by atoms with Crippen LogP contribution in [0.25, 0.3) is 0 Å². The van der Waals surface area contributed by atoms with E-state index in [1.165, 1.54) is 17.0 Å². The van der Waals surface area contributed by atoms with Gasteiger partial charge in [0.05, 0.1) is 0 Å². The van der Waals surface area contributed by atoms with Gasteiger partial charge in [-0.05, 0) is 13.1 Å². The molecule has 0 unspecified atom stereocenters. The Hall–Kier alpha value is -1.62. The summed E-state index contributed by atoms with van der Waals surface area (Å²) in [6.07, 6.45) is -0.525. The van der Waals surface area contributed by atoms with E-state index in [1.54, 1.807) is 27.2 Å². The summed E-state index contributed by atoms with van der Waals surface area (Å²) in [6, 6.07) is 4.12. The van der Waals surface area contributed by atoms with Crippen LogP contribution in [-0.2, 0) is 6.54 Å². The molecule has 16 heavy (non-hydrogen) atoms. The highest BCUT2D eigenvalue weighted by atomic mass is 19.1. The summed E-state index contributed by atoms with van der Waals surface area (Å²) in [5.74, 6) is -0.186. The Morgan fingerprint density at radius 1 is 1.50 bits per heavy atom. The third-order valence-corrected chi connectivity index (χ3v) is 1.96. The van der Waals surface area contributed by atoms with Crippen LogP contribution >= 0.6 is 0 Å². The second kappa shape index (κ2) is 5.46. The van der Waals surface area contributed by atoms with Gasteiger partial charge in [-0.15, -0.1) is 0 Å². The van der Waals surface area contributed by atoms with Crippen LogP contribution in [0.15, 0.2) is 18.2 Å². The van der Waals surface area contributed by atoms with Crippen molar-refractivity contribution in [1.29, 1.82) is 0 Å². The molecule has 1 amide bonds. The maximum atomic E-state index is 13.0. The van der Waals surface area contributed by atoms with Crippen LogP contribution in [0.5, 0.6) is 5.75 Å². The molecule has 0 fully saturated rings. The van der Waals surface area contributed by atoms with E-state index in [1.807, 2.05) is 0 Å². The maximum absolute atomic E-state index is 13.0. The van der Waals surface area contributed by atoms with E-state index in [0.29, 0.717) is 6.54 Å². The smallest absolute Gasteiger partial charge is 0.410 e. The summed E-state index contributed by atoms with van der Waals surface area (Å²) >= 11 is 0. The fourth-order valence-electron chi connectivity index (χ4n) is 1.15. The van der Waals surface area contributed by atoms with E-state index in [2.05, 4.69) is 5.32 Å². The fourth-order valence-corrected chi connectivity index (χ4v) is 1.15. The summed E-state index contributed by atoms with van der Waals surface area (Å²) in [5, 5.41) is 2.92. The molecule has 0 aliphatic rings. The monoisotopic (exact) mass is 226 g/mol. The molecule has 1 N–H and O–H groups in total. The zero-order valence-corrected chi connectivity index (χ0v) is 9.58. The number of halogens is 1. The van der Waals surface area contributed by atoms with Crippen LogP contribution in [-0.4, -0.2) is 32.1 Å². The van der Waals surface area contributed by atoms with Gasteiger partial charge in [0.1, 0.15) is 11.6 Å². The van der Waals surface area contributed by atoms with Gasteiger partial charge in [-0.2, -0.15) is 0 Å². The van der Waals surface area contributed by atoms with Gasteiger partial charge in [-0.25, -0.2) is 9.18 Å². The standard InChI is InChI=1S/C11H15FN2O2/c1-13-7-8-4-5-9(12)6-10(8)16-11(15)14(2)3/h4-6,13H,7H2,1-3H3. The molecule has 0 aromatic heterocycles.